The van der Waals surface area contributed by atoms with Crippen LogP contribution in [0.5, 0.6) is 5.75 Å². The number of hydrogen-bond acceptors (Lipinski definition) is 2. The Morgan fingerprint density at radius 1 is 0.625 bits per heavy atom. The third-order valence-corrected chi connectivity index (χ3v) is 4.12. The fourth-order valence-electron chi connectivity index (χ4n) is 3.00. The van der Waals surface area contributed by atoms with Gasteiger partial charge < -0.3 is 4.74 Å². The van der Waals surface area contributed by atoms with E-state index in [9.17, 15) is 0 Å². The van der Waals surface area contributed by atoms with Gasteiger partial charge in [0.2, 0.25) is 0 Å². The molecule has 3 aromatic carbocycles. The van der Waals surface area contributed by atoms with E-state index in [2.05, 4.69) is 67.5 Å². The molecule has 122 valence electrons. The maximum atomic E-state index is 6.44. The summed E-state index contributed by atoms with van der Waals surface area (Å²) in [5, 5.41) is 0. The van der Waals surface area contributed by atoms with E-state index < -0.39 is 0 Å². The first kappa shape index (κ1) is 16.3. The quantitative estimate of drug-likeness (QED) is 0.626. The van der Waals surface area contributed by atoms with E-state index in [4.69, 9.17) is 4.74 Å². The zero-order chi connectivity index (χ0) is 16.8. The van der Waals surface area contributed by atoms with E-state index in [0.29, 0.717) is 0 Å². The lowest BCUT2D eigenvalue weighted by molar-refractivity contribution is 0.0965. The van der Waals surface area contributed by atoms with E-state index in [1.807, 2.05) is 42.5 Å². The molecule has 0 saturated carbocycles. The van der Waals surface area contributed by atoms with Crippen LogP contribution in [-0.4, -0.2) is 19.0 Å². The summed E-state index contributed by atoms with van der Waals surface area (Å²) >= 11 is 0. The Kier molecular flexibility index (Phi) is 5.29. The van der Waals surface area contributed by atoms with Crippen LogP contribution in [0.3, 0.4) is 0 Å². The van der Waals surface area contributed by atoms with Crippen molar-refractivity contribution in [1.82, 2.24) is 4.90 Å². The molecule has 2 nitrogen and oxygen atoms in total. The summed E-state index contributed by atoms with van der Waals surface area (Å²) in [5.41, 5.74) is 2.41. The molecule has 0 aromatic heterocycles. The smallest absolute Gasteiger partial charge is 0.143 e. The van der Waals surface area contributed by atoms with Crippen molar-refractivity contribution in [3.63, 3.8) is 0 Å². The van der Waals surface area contributed by atoms with Gasteiger partial charge in [-0.3, -0.25) is 4.90 Å². The van der Waals surface area contributed by atoms with Gasteiger partial charge in [-0.1, -0.05) is 78.9 Å². The van der Waals surface area contributed by atoms with Gasteiger partial charge in [-0.15, -0.1) is 0 Å². The van der Waals surface area contributed by atoms with Crippen molar-refractivity contribution in [2.45, 2.75) is 12.1 Å². The monoisotopic (exact) mass is 317 g/mol. The minimum absolute atomic E-state index is 0.0917. The standard InChI is InChI=1S/C22H23NO/c1-23(2)21(18-12-6-3-7-13-18)22(19-14-8-4-9-15-19)24-20-16-10-5-11-17-20/h3-17,21-22H,1-2H3/t21-,22-/m1/s1. The SMILES string of the molecule is CN(C)[C@H](c1ccccc1)[C@H](Oc1ccccc1)c1ccccc1. The van der Waals surface area contributed by atoms with Gasteiger partial charge >= 0.3 is 0 Å². The second-order valence-corrected chi connectivity index (χ2v) is 6.08. The molecule has 0 amide bonds. The van der Waals surface area contributed by atoms with Gasteiger partial charge in [0.25, 0.3) is 0 Å². The van der Waals surface area contributed by atoms with Crippen molar-refractivity contribution < 1.29 is 4.74 Å². The highest BCUT2D eigenvalue weighted by Crippen LogP contribution is 2.36. The molecule has 0 bridgehead atoms. The van der Waals surface area contributed by atoms with Crippen molar-refractivity contribution in [3.05, 3.63) is 102 Å². The van der Waals surface area contributed by atoms with Gasteiger partial charge in [0.05, 0.1) is 6.04 Å². The summed E-state index contributed by atoms with van der Waals surface area (Å²) in [4.78, 5) is 2.22. The van der Waals surface area contributed by atoms with Gasteiger partial charge in [-0.25, -0.2) is 0 Å². The molecule has 3 aromatic rings. The number of para-hydroxylation sites is 1. The maximum Gasteiger partial charge on any atom is 0.143 e. The normalized spacial score (nSPS) is 13.5. The van der Waals surface area contributed by atoms with Gasteiger partial charge in [0, 0.05) is 0 Å². The third kappa shape index (κ3) is 3.84. The molecule has 0 aliphatic heterocycles. The second-order valence-electron chi connectivity index (χ2n) is 6.08. The minimum atomic E-state index is -0.0917. The van der Waals surface area contributed by atoms with Crippen LogP contribution >= 0.6 is 0 Å². The highest BCUT2D eigenvalue weighted by atomic mass is 16.5. The Balaban J connectivity index is 2.02. The molecule has 0 aliphatic carbocycles. The van der Waals surface area contributed by atoms with Crippen molar-refractivity contribution >= 4 is 0 Å². The van der Waals surface area contributed by atoms with E-state index in [0.717, 1.165) is 5.75 Å². The molecule has 0 unspecified atom stereocenters. The van der Waals surface area contributed by atoms with Gasteiger partial charge in [-0.05, 0) is 37.4 Å². The number of likely N-dealkylation sites (N-methyl/N-ethyl adjacent to an activating group) is 1. The summed E-state index contributed by atoms with van der Waals surface area (Å²) in [7, 11) is 4.20. The average molecular weight is 317 g/mol. The van der Waals surface area contributed by atoms with E-state index in [1.165, 1.54) is 11.1 Å². The largest absolute Gasteiger partial charge is 0.484 e. The van der Waals surface area contributed by atoms with Crippen LogP contribution in [0, 0.1) is 0 Å². The number of rotatable bonds is 6. The highest BCUT2D eigenvalue weighted by Gasteiger charge is 2.28. The van der Waals surface area contributed by atoms with Crippen LogP contribution in [0.15, 0.2) is 91.0 Å². The van der Waals surface area contributed by atoms with Gasteiger partial charge in [-0.2, -0.15) is 0 Å². The Labute approximate surface area is 144 Å². The third-order valence-electron chi connectivity index (χ3n) is 4.12. The molecule has 3 rings (SSSR count). The lowest BCUT2D eigenvalue weighted by Crippen LogP contribution is -2.29. The Morgan fingerprint density at radius 2 is 1.08 bits per heavy atom. The van der Waals surface area contributed by atoms with Crippen molar-refractivity contribution in [2.24, 2.45) is 0 Å². The fraction of sp³-hybridized carbons (Fsp3) is 0.182. The molecule has 2 heteroatoms. The molecule has 0 heterocycles. The van der Waals surface area contributed by atoms with E-state index >= 15 is 0 Å². The number of benzene rings is 3. The molecule has 0 spiro atoms. The number of nitrogens with zero attached hydrogens (tertiary/aromatic N) is 1. The topological polar surface area (TPSA) is 12.5 Å². The summed E-state index contributed by atoms with van der Waals surface area (Å²) in [5.74, 6) is 0.883. The molecule has 2 atom stereocenters. The van der Waals surface area contributed by atoms with Crippen molar-refractivity contribution in [2.75, 3.05) is 14.1 Å². The first-order valence-electron chi connectivity index (χ1n) is 8.24. The van der Waals surface area contributed by atoms with E-state index in [-0.39, 0.29) is 12.1 Å². The van der Waals surface area contributed by atoms with Crippen molar-refractivity contribution in [3.8, 4) is 5.75 Å². The predicted molar refractivity (Wildman–Crippen MR) is 99.1 cm³/mol. The van der Waals surface area contributed by atoms with Crippen LogP contribution in [0.1, 0.15) is 23.3 Å². The molecule has 0 aliphatic rings. The van der Waals surface area contributed by atoms with Gasteiger partial charge in [0.1, 0.15) is 11.9 Å². The Hall–Kier alpha value is -2.58. The van der Waals surface area contributed by atoms with Crippen molar-refractivity contribution in [1.29, 1.82) is 0 Å². The molecule has 0 fully saturated rings. The number of ether oxygens (including phenoxy) is 1. The Bertz CT molecular complexity index is 726. The number of hydrogen-bond donors (Lipinski definition) is 0. The highest BCUT2D eigenvalue weighted by molar-refractivity contribution is 5.29. The second kappa shape index (κ2) is 7.80. The predicted octanol–water partition coefficient (Wildman–Crippen LogP) is 5.11. The zero-order valence-electron chi connectivity index (χ0n) is 14.2. The molecule has 24 heavy (non-hydrogen) atoms. The lowest BCUT2D eigenvalue weighted by Gasteiger charge is -2.33. The average Bonchev–Trinajstić information content (AvgIpc) is 2.63. The molecular formula is C22H23NO. The minimum Gasteiger partial charge on any atom is -0.484 e. The fourth-order valence-corrected chi connectivity index (χ4v) is 3.00. The molecule has 0 saturated heterocycles. The van der Waals surface area contributed by atoms with Crippen LogP contribution in [-0.2, 0) is 0 Å². The van der Waals surface area contributed by atoms with Crippen LogP contribution < -0.4 is 4.74 Å². The first-order chi connectivity index (χ1) is 11.8. The van der Waals surface area contributed by atoms with Crippen LogP contribution in [0.4, 0.5) is 0 Å². The summed E-state index contributed by atoms with van der Waals surface area (Å²) in [6.45, 7) is 0. The zero-order valence-corrected chi connectivity index (χ0v) is 14.2. The lowest BCUT2D eigenvalue weighted by atomic mass is 9.94. The maximum absolute atomic E-state index is 6.44. The first-order valence-corrected chi connectivity index (χ1v) is 8.24. The van der Waals surface area contributed by atoms with E-state index in [1.54, 1.807) is 0 Å². The summed E-state index contributed by atoms with van der Waals surface area (Å²) in [6.07, 6.45) is -0.0917. The molecular weight excluding hydrogens is 294 g/mol. The van der Waals surface area contributed by atoms with Crippen LogP contribution in [0.2, 0.25) is 0 Å². The van der Waals surface area contributed by atoms with Gasteiger partial charge in [0.15, 0.2) is 0 Å². The molecule has 0 N–H and O–H groups in total. The summed E-state index contributed by atoms with van der Waals surface area (Å²) in [6, 6.07) is 31.1. The Morgan fingerprint density at radius 3 is 1.58 bits per heavy atom. The molecule has 0 radical (unpaired) electrons. The summed E-state index contributed by atoms with van der Waals surface area (Å²) < 4.78 is 6.44. The van der Waals surface area contributed by atoms with Crippen LogP contribution in [0.25, 0.3) is 0 Å².